The van der Waals surface area contributed by atoms with Gasteiger partial charge < -0.3 is 24.6 Å². The second kappa shape index (κ2) is 11.9. The molecule has 3 unspecified atom stereocenters. The van der Waals surface area contributed by atoms with Crippen molar-refractivity contribution in [1.29, 1.82) is 0 Å². The third-order valence-corrected chi connectivity index (χ3v) is 11.3. The summed E-state index contributed by atoms with van der Waals surface area (Å²) in [5, 5.41) is 5.83. The maximum absolute atomic E-state index is 15.0. The van der Waals surface area contributed by atoms with Crippen LogP contribution in [0.3, 0.4) is 0 Å². The van der Waals surface area contributed by atoms with E-state index in [2.05, 4.69) is 38.2 Å². The number of hydrogen-bond donors (Lipinski definition) is 1. The maximum Gasteiger partial charge on any atom is 0.318 e. The number of esters is 1. The molecular weight excluding hydrogens is 583 g/mol. The van der Waals surface area contributed by atoms with E-state index in [1.54, 1.807) is 6.07 Å². The first-order valence-electron chi connectivity index (χ1n) is 17.3. The van der Waals surface area contributed by atoms with E-state index < -0.39 is 0 Å². The Kier molecular flexibility index (Phi) is 7.75. The van der Waals surface area contributed by atoms with E-state index in [9.17, 15) is 4.79 Å². The number of nitrogens with one attached hydrogen (secondary N) is 1. The molecule has 3 aromatic rings. The second-order valence-corrected chi connectivity index (χ2v) is 14.0. The van der Waals surface area contributed by atoms with Crippen LogP contribution in [-0.4, -0.2) is 83.9 Å². The first-order chi connectivity index (χ1) is 22.4. The maximum atomic E-state index is 15.0. The van der Waals surface area contributed by atoms with Gasteiger partial charge in [-0.2, -0.15) is 9.97 Å². The van der Waals surface area contributed by atoms with Gasteiger partial charge in [-0.1, -0.05) is 25.1 Å². The lowest BCUT2D eigenvalue weighted by Crippen LogP contribution is -2.52. The minimum absolute atomic E-state index is 0.0754. The number of hydrogen-bond acceptors (Lipinski definition) is 9. The molecule has 5 aliphatic heterocycles. The van der Waals surface area contributed by atoms with Gasteiger partial charge in [0, 0.05) is 61.3 Å². The summed E-state index contributed by atoms with van der Waals surface area (Å²) in [5.41, 5.74) is 3.98. The lowest BCUT2D eigenvalue weighted by molar-refractivity contribution is -0.142. The fraction of sp³-hybridized carbons (Fsp3) is 0.583. The highest BCUT2D eigenvalue weighted by Gasteiger charge is 2.50. The van der Waals surface area contributed by atoms with Gasteiger partial charge in [-0.25, -0.2) is 4.39 Å². The number of rotatable bonds is 8. The molecule has 1 N–H and O–H groups in total. The summed E-state index contributed by atoms with van der Waals surface area (Å²) in [7, 11) is 0. The Hall–Kier alpha value is -3.50. The second-order valence-electron chi connectivity index (χ2n) is 14.0. The Morgan fingerprint density at radius 1 is 1.07 bits per heavy atom. The number of ether oxygens (including phenoxy) is 2. The normalized spacial score (nSPS) is 27.2. The van der Waals surface area contributed by atoms with Gasteiger partial charge in [0.25, 0.3) is 0 Å². The van der Waals surface area contributed by atoms with Crippen molar-refractivity contribution < 1.29 is 18.7 Å². The third kappa shape index (κ3) is 5.27. The van der Waals surface area contributed by atoms with Gasteiger partial charge in [0.15, 0.2) is 0 Å². The molecule has 10 heteroatoms. The number of piperazine rings is 1. The van der Waals surface area contributed by atoms with Crippen LogP contribution in [0.4, 0.5) is 15.9 Å². The summed E-state index contributed by atoms with van der Waals surface area (Å²) < 4.78 is 27.0. The summed E-state index contributed by atoms with van der Waals surface area (Å²) in [6.45, 7) is 8.81. The zero-order valence-corrected chi connectivity index (χ0v) is 27.1. The molecule has 0 amide bonds. The lowest BCUT2D eigenvalue weighted by Gasteiger charge is -2.38. The van der Waals surface area contributed by atoms with Crippen LogP contribution in [-0.2, 0) is 28.9 Å². The van der Waals surface area contributed by atoms with Crippen molar-refractivity contribution in [2.45, 2.75) is 95.4 Å². The molecule has 8 rings (SSSR count). The number of aryl methyl sites for hydroxylation is 1. The van der Waals surface area contributed by atoms with Gasteiger partial charge in [-0.15, -0.1) is 0 Å². The van der Waals surface area contributed by atoms with Crippen molar-refractivity contribution in [3.8, 4) is 6.01 Å². The number of benzene rings is 2. The average Bonchev–Trinajstić information content (AvgIpc) is 3.74. The SMILES string of the molecule is CCc1c(F)ccc2cccc(N3CCc4c(nc(OCC56CCCN5[C@@H](COC(C)=O)CC6)nc4N4CC5CCC(C4)N5)C3)c12. The largest absolute Gasteiger partial charge is 0.464 e. The molecule has 0 radical (unpaired) electrons. The summed E-state index contributed by atoms with van der Waals surface area (Å²) in [6, 6.07) is 11.4. The summed E-state index contributed by atoms with van der Waals surface area (Å²) >= 11 is 0. The van der Waals surface area contributed by atoms with E-state index in [0.29, 0.717) is 44.3 Å². The van der Waals surface area contributed by atoms with E-state index in [4.69, 9.17) is 19.4 Å². The van der Waals surface area contributed by atoms with Crippen molar-refractivity contribution in [2.24, 2.45) is 0 Å². The molecule has 2 bridgehead atoms. The van der Waals surface area contributed by atoms with Crippen molar-refractivity contribution in [1.82, 2.24) is 20.2 Å². The van der Waals surface area contributed by atoms with Crippen molar-refractivity contribution in [3.63, 3.8) is 0 Å². The van der Waals surface area contributed by atoms with Gasteiger partial charge in [0.05, 0.1) is 17.8 Å². The Morgan fingerprint density at radius 2 is 1.91 bits per heavy atom. The predicted octanol–water partition coefficient (Wildman–Crippen LogP) is 4.77. The molecular formula is C36H45FN6O3. The van der Waals surface area contributed by atoms with Crippen molar-refractivity contribution >= 4 is 28.2 Å². The van der Waals surface area contributed by atoms with Gasteiger partial charge in [-0.05, 0) is 81.0 Å². The van der Waals surface area contributed by atoms with Crippen molar-refractivity contribution in [3.05, 3.63) is 53.0 Å². The fourth-order valence-electron chi connectivity index (χ4n) is 9.11. The Morgan fingerprint density at radius 3 is 2.72 bits per heavy atom. The molecule has 2 aromatic carbocycles. The average molecular weight is 629 g/mol. The summed E-state index contributed by atoms with van der Waals surface area (Å²) in [4.78, 5) is 29.1. The number of nitrogens with zero attached hydrogens (tertiary/aromatic N) is 5. The van der Waals surface area contributed by atoms with Crippen LogP contribution in [0.2, 0.25) is 0 Å². The van der Waals surface area contributed by atoms with E-state index in [-0.39, 0.29) is 23.4 Å². The Bertz CT molecular complexity index is 1640. The molecule has 4 fully saturated rings. The molecule has 4 saturated heterocycles. The number of fused-ring (bicyclic) bond motifs is 5. The Labute approximate surface area is 270 Å². The Balaban J connectivity index is 1.11. The molecule has 0 aliphatic carbocycles. The monoisotopic (exact) mass is 628 g/mol. The standard InChI is InChI=1S/C36H45FN6O3/c1-3-28-30(37)11-8-24-6-4-7-32(33(24)28)41-17-13-29-31(20-41)39-35(40-34(29)42-18-25-9-10-26(19-42)38-25)46-22-36-14-5-16-43(36)27(12-15-36)21-45-23(2)44/h4,6-8,11,25-27,38H,3,5,9-10,12-22H2,1-2H3/t25?,26?,27-,36?/m1/s1. The van der Waals surface area contributed by atoms with Crippen LogP contribution in [0.15, 0.2) is 30.3 Å². The number of aromatic nitrogens is 2. The lowest BCUT2D eigenvalue weighted by atomic mass is 9.95. The first kappa shape index (κ1) is 29.9. The molecule has 9 nitrogen and oxygen atoms in total. The number of halogens is 1. The van der Waals surface area contributed by atoms with Crippen LogP contribution in [0.1, 0.15) is 69.2 Å². The highest BCUT2D eigenvalue weighted by atomic mass is 19.1. The summed E-state index contributed by atoms with van der Waals surface area (Å²) in [5.74, 6) is 0.657. The zero-order chi connectivity index (χ0) is 31.4. The molecule has 46 heavy (non-hydrogen) atoms. The van der Waals surface area contributed by atoms with Crippen molar-refractivity contribution in [2.75, 3.05) is 49.2 Å². The van der Waals surface area contributed by atoms with Crippen LogP contribution >= 0.6 is 0 Å². The summed E-state index contributed by atoms with van der Waals surface area (Å²) in [6.07, 6.45) is 8.06. The van der Waals surface area contributed by atoms with Crippen LogP contribution in [0.5, 0.6) is 6.01 Å². The molecule has 5 aliphatic rings. The van der Waals surface area contributed by atoms with Crippen LogP contribution in [0.25, 0.3) is 10.8 Å². The van der Waals surface area contributed by atoms with Gasteiger partial charge in [0.1, 0.15) is 24.8 Å². The van der Waals surface area contributed by atoms with Crippen LogP contribution < -0.4 is 19.9 Å². The molecule has 244 valence electrons. The molecule has 1 aromatic heterocycles. The third-order valence-electron chi connectivity index (χ3n) is 11.3. The van der Waals surface area contributed by atoms with E-state index in [0.717, 1.165) is 91.8 Å². The minimum Gasteiger partial charge on any atom is -0.464 e. The number of anilines is 2. The van der Waals surface area contributed by atoms with E-state index in [1.807, 2.05) is 13.0 Å². The highest BCUT2D eigenvalue weighted by Crippen LogP contribution is 2.43. The smallest absolute Gasteiger partial charge is 0.318 e. The first-order valence-corrected chi connectivity index (χ1v) is 17.3. The quantitative estimate of drug-likeness (QED) is 0.355. The van der Waals surface area contributed by atoms with Gasteiger partial charge in [0.2, 0.25) is 0 Å². The van der Waals surface area contributed by atoms with Gasteiger partial charge >= 0.3 is 12.0 Å². The predicted molar refractivity (Wildman–Crippen MR) is 176 cm³/mol. The fourth-order valence-corrected chi connectivity index (χ4v) is 9.11. The number of carbonyl (C=O) groups excluding carboxylic acids is 1. The van der Waals surface area contributed by atoms with E-state index >= 15 is 4.39 Å². The number of carbonyl (C=O) groups is 1. The minimum atomic E-state index is -0.224. The molecule has 4 atom stereocenters. The topological polar surface area (TPSA) is 83.1 Å². The zero-order valence-electron chi connectivity index (χ0n) is 27.1. The van der Waals surface area contributed by atoms with E-state index in [1.165, 1.54) is 25.3 Å². The molecule has 6 heterocycles. The molecule has 0 spiro atoms. The van der Waals surface area contributed by atoms with Gasteiger partial charge in [-0.3, -0.25) is 9.69 Å². The highest BCUT2D eigenvalue weighted by molar-refractivity contribution is 5.97. The van der Waals surface area contributed by atoms with Crippen LogP contribution in [0, 0.1) is 5.82 Å². The molecule has 0 saturated carbocycles.